The van der Waals surface area contributed by atoms with E-state index in [1.807, 2.05) is 36.4 Å². The van der Waals surface area contributed by atoms with Crippen molar-refractivity contribution in [3.05, 3.63) is 102 Å². The maximum absolute atomic E-state index is 13.0. The number of methoxy groups -OCH3 is 1. The molecule has 0 aliphatic rings. The van der Waals surface area contributed by atoms with Gasteiger partial charge in [-0.15, -0.1) is 0 Å². The summed E-state index contributed by atoms with van der Waals surface area (Å²) in [6, 6.07) is 16.7. The molecule has 2 aromatic carbocycles. The third-order valence-electron chi connectivity index (χ3n) is 6.14. The van der Waals surface area contributed by atoms with Gasteiger partial charge in [0.2, 0.25) is 5.95 Å². The third-order valence-corrected chi connectivity index (χ3v) is 6.14. The lowest BCUT2D eigenvalue weighted by Crippen LogP contribution is -2.11. The zero-order valence-electron chi connectivity index (χ0n) is 21.1. The minimum atomic E-state index is -4.38. The van der Waals surface area contributed by atoms with E-state index in [1.54, 1.807) is 30.4 Å². The number of ether oxygens (including phenoxy) is 1. The lowest BCUT2D eigenvalue weighted by molar-refractivity contribution is -0.137. The number of nitrogens with one attached hydrogen (secondary N) is 2. The first-order valence-corrected chi connectivity index (χ1v) is 12.3. The Hall–Kier alpha value is -4.67. The molecule has 5 rings (SSSR count). The van der Waals surface area contributed by atoms with Crippen molar-refractivity contribution in [3.8, 4) is 5.75 Å². The number of anilines is 2. The molecule has 0 radical (unpaired) electrons. The molecular formula is C28H26F3N7O. The van der Waals surface area contributed by atoms with Crippen molar-refractivity contribution in [2.75, 3.05) is 24.3 Å². The van der Waals surface area contributed by atoms with Crippen molar-refractivity contribution >= 4 is 22.9 Å². The van der Waals surface area contributed by atoms with E-state index in [4.69, 9.17) is 4.74 Å². The van der Waals surface area contributed by atoms with Crippen LogP contribution in [0, 0.1) is 0 Å². The number of imidazole rings is 1. The molecule has 0 fully saturated rings. The van der Waals surface area contributed by atoms with Gasteiger partial charge in [0, 0.05) is 25.5 Å². The summed E-state index contributed by atoms with van der Waals surface area (Å²) < 4.78 is 45.9. The predicted octanol–water partition coefficient (Wildman–Crippen LogP) is 5.56. The van der Waals surface area contributed by atoms with Crippen molar-refractivity contribution < 1.29 is 17.9 Å². The molecule has 8 nitrogen and oxygen atoms in total. The second-order valence-corrected chi connectivity index (χ2v) is 8.87. The summed E-state index contributed by atoms with van der Waals surface area (Å²) in [5, 5.41) is 6.61. The fraction of sp³-hybridized carbons (Fsp3) is 0.214. The van der Waals surface area contributed by atoms with Gasteiger partial charge in [-0.3, -0.25) is 4.98 Å². The molecule has 3 aromatic heterocycles. The average Bonchev–Trinajstić information content (AvgIpc) is 3.35. The third kappa shape index (κ3) is 6.43. The summed E-state index contributed by atoms with van der Waals surface area (Å²) >= 11 is 0. The van der Waals surface area contributed by atoms with E-state index in [2.05, 4.69) is 30.6 Å². The smallest absolute Gasteiger partial charge is 0.416 e. The highest BCUT2D eigenvalue weighted by atomic mass is 19.4. The van der Waals surface area contributed by atoms with Crippen LogP contribution in [0.5, 0.6) is 5.75 Å². The fourth-order valence-corrected chi connectivity index (χ4v) is 4.06. The molecule has 11 heteroatoms. The van der Waals surface area contributed by atoms with Crippen LogP contribution in [-0.4, -0.2) is 38.2 Å². The van der Waals surface area contributed by atoms with Crippen LogP contribution >= 0.6 is 0 Å². The number of pyridine rings is 1. The van der Waals surface area contributed by atoms with Gasteiger partial charge in [-0.05, 0) is 53.4 Å². The maximum Gasteiger partial charge on any atom is 0.416 e. The van der Waals surface area contributed by atoms with Gasteiger partial charge >= 0.3 is 6.18 Å². The number of aromatic nitrogens is 5. The Morgan fingerprint density at radius 1 is 0.897 bits per heavy atom. The van der Waals surface area contributed by atoms with Gasteiger partial charge in [0.25, 0.3) is 0 Å². The van der Waals surface area contributed by atoms with Crippen LogP contribution < -0.4 is 15.4 Å². The topological polar surface area (TPSA) is 89.8 Å². The highest BCUT2D eigenvalue weighted by molar-refractivity contribution is 5.84. The molecule has 0 saturated heterocycles. The lowest BCUT2D eigenvalue weighted by atomic mass is 10.1. The van der Waals surface area contributed by atoms with Crippen molar-refractivity contribution in [3.63, 3.8) is 0 Å². The molecule has 0 aliphatic carbocycles. The quantitative estimate of drug-likeness (QED) is 0.243. The van der Waals surface area contributed by atoms with Crippen LogP contribution in [0.4, 0.5) is 24.9 Å². The number of halogens is 3. The van der Waals surface area contributed by atoms with Gasteiger partial charge in [0.15, 0.2) is 17.0 Å². The number of hydrogen-bond acceptors (Lipinski definition) is 7. The molecule has 0 bridgehead atoms. The van der Waals surface area contributed by atoms with Crippen molar-refractivity contribution in [2.45, 2.75) is 25.7 Å². The van der Waals surface area contributed by atoms with E-state index in [1.165, 1.54) is 12.1 Å². The second kappa shape index (κ2) is 11.4. The second-order valence-electron chi connectivity index (χ2n) is 8.87. The largest absolute Gasteiger partial charge is 0.497 e. The number of benzene rings is 2. The van der Waals surface area contributed by atoms with Gasteiger partial charge in [-0.25, -0.2) is 4.98 Å². The van der Waals surface area contributed by atoms with E-state index in [-0.39, 0.29) is 0 Å². The van der Waals surface area contributed by atoms with Crippen molar-refractivity contribution in [1.82, 2.24) is 24.5 Å². The van der Waals surface area contributed by atoms with Crippen molar-refractivity contribution in [1.29, 1.82) is 0 Å². The zero-order chi connectivity index (χ0) is 27.2. The Bertz CT molecular complexity index is 1520. The van der Waals surface area contributed by atoms with Gasteiger partial charge in [0.05, 0.1) is 25.5 Å². The van der Waals surface area contributed by atoms with Crippen molar-refractivity contribution in [2.24, 2.45) is 0 Å². The summed E-state index contributed by atoms with van der Waals surface area (Å²) in [4.78, 5) is 18.0. The monoisotopic (exact) mass is 533 g/mol. The van der Waals surface area contributed by atoms with Crippen LogP contribution in [-0.2, 0) is 25.7 Å². The SMILES string of the molecule is COc1ccc(CCNc2nc(NCc3cccnc3)nc3c2ncn3Cc2ccc(C(F)(F)F)cc2)cc1. The Morgan fingerprint density at radius 3 is 2.36 bits per heavy atom. The molecule has 39 heavy (non-hydrogen) atoms. The zero-order valence-corrected chi connectivity index (χ0v) is 21.1. The number of nitrogens with zero attached hydrogens (tertiary/aromatic N) is 5. The number of fused-ring (bicyclic) bond motifs is 1. The van der Waals surface area contributed by atoms with Crippen LogP contribution in [0.1, 0.15) is 22.3 Å². The normalized spacial score (nSPS) is 11.5. The van der Waals surface area contributed by atoms with E-state index in [0.29, 0.717) is 48.1 Å². The molecule has 0 saturated carbocycles. The molecule has 5 aromatic rings. The van der Waals surface area contributed by atoms with E-state index >= 15 is 0 Å². The standard InChI is InChI=1S/C28H26F3N7O/c1-39-23-10-6-19(7-11-23)12-14-33-25-24-26(37-27(36-25)34-16-21-3-2-13-32-15-21)38(18-35-24)17-20-4-8-22(9-5-20)28(29,30)31/h2-11,13,15,18H,12,14,16-17H2,1H3,(H2,33,34,36,37). The maximum atomic E-state index is 13.0. The predicted molar refractivity (Wildman–Crippen MR) is 143 cm³/mol. The molecule has 0 spiro atoms. The average molecular weight is 534 g/mol. The summed E-state index contributed by atoms with van der Waals surface area (Å²) in [5.41, 5.74) is 3.24. The van der Waals surface area contributed by atoms with Crippen LogP contribution in [0.15, 0.2) is 79.4 Å². The van der Waals surface area contributed by atoms with Gasteiger partial charge in [0.1, 0.15) is 5.75 Å². The Balaban J connectivity index is 1.39. The number of rotatable bonds is 10. The minimum Gasteiger partial charge on any atom is -0.497 e. The molecule has 3 heterocycles. The first kappa shape index (κ1) is 26.0. The molecule has 0 unspecified atom stereocenters. The highest BCUT2D eigenvalue weighted by Gasteiger charge is 2.30. The lowest BCUT2D eigenvalue weighted by Gasteiger charge is -2.12. The minimum absolute atomic E-state index is 0.305. The number of hydrogen-bond donors (Lipinski definition) is 2. The Kier molecular flexibility index (Phi) is 7.57. The fourth-order valence-electron chi connectivity index (χ4n) is 4.06. The molecule has 0 atom stereocenters. The molecule has 200 valence electrons. The Morgan fingerprint density at radius 2 is 1.67 bits per heavy atom. The number of alkyl halides is 3. The summed E-state index contributed by atoms with van der Waals surface area (Å²) in [6.07, 6.45) is 1.45. The molecule has 0 amide bonds. The van der Waals surface area contributed by atoms with Gasteiger partial charge < -0.3 is 19.9 Å². The van der Waals surface area contributed by atoms with Gasteiger partial charge in [-0.1, -0.05) is 30.3 Å². The first-order chi connectivity index (χ1) is 18.9. The van der Waals surface area contributed by atoms with E-state index in [9.17, 15) is 13.2 Å². The van der Waals surface area contributed by atoms with Crippen LogP contribution in [0.2, 0.25) is 0 Å². The Labute approximate surface area is 222 Å². The van der Waals surface area contributed by atoms with Crippen LogP contribution in [0.25, 0.3) is 11.2 Å². The van der Waals surface area contributed by atoms with Gasteiger partial charge in [-0.2, -0.15) is 23.1 Å². The first-order valence-electron chi connectivity index (χ1n) is 12.3. The van der Waals surface area contributed by atoms with E-state index in [0.717, 1.165) is 35.4 Å². The summed E-state index contributed by atoms with van der Waals surface area (Å²) in [7, 11) is 1.63. The molecule has 0 aliphatic heterocycles. The molecule has 2 N–H and O–H groups in total. The summed E-state index contributed by atoms with van der Waals surface area (Å²) in [6.45, 7) is 1.38. The molecular weight excluding hydrogens is 507 g/mol. The van der Waals surface area contributed by atoms with E-state index < -0.39 is 11.7 Å². The van der Waals surface area contributed by atoms with Crippen LogP contribution in [0.3, 0.4) is 0 Å². The summed E-state index contributed by atoms with van der Waals surface area (Å²) in [5.74, 6) is 1.76. The highest BCUT2D eigenvalue weighted by Crippen LogP contribution is 2.29.